The molecule has 1 aliphatic heterocycles. The van der Waals surface area contributed by atoms with Crippen LogP contribution in [-0.4, -0.2) is 52.8 Å². The normalized spacial score (nSPS) is 14.0. The number of aromatic nitrogens is 4. The Balaban J connectivity index is 1.36. The number of hydrogen-bond acceptors (Lipinski definition) is 7. The standard InChI is InChI=1S/C25H28N6O2/c1-18-6-5-9-20(16-18)26-25-29-22-23(30-25)27-21(28-24(22)31-11-14-32-15-12-31)10-13-33-17-19-7-3-2-4-8-19/h2-9,16H,10-15,17H2,1H3,(H2,26,27,28,29,30). The van der Waals surface area contributed by atoms with Crippen LogP contribution in [0.15, 0.2) is 54.6 Å². The molecule has 0 spiro atoms. The second kappa shape index (κ2) is 9.97. The minimum Gasteiger partial charge on any atom is -0.378 e. The molecule has 0 unspecified atom stereocenters. The molecule has 0 amide bonds. The minimum atomic E-state index is 0.543. The topological polar surface area (TPSA) is 88.2 Å². The SMILES string of the molecule is Cc1cccc(Nc2nc3nc(CCOCc4ccccc4)nc(N4CCOCC4)c3[nH]2)c1. The molecule has 5 rings (SSSR count). The summed E-state index contributed by atoms with van der Waals surface area (Å²) in [4.78, 5) is 19.9. The lowest BCUT2D eigenvalue weighted by Crippen LogP contribution is -2.37. The fourth-order valence-electron chi connectivity index (χ4n) is 3.89. The predicted molar refractivity (Wildman–Crippen MR) is 129 cm³/mol. The number of imidazole rings is 1. The first-order chi connectivity index (χ1) is 16.2. The molecule has 2 aromatic heterocycles. The summed E-state index contributed by atoms with van der Waals surface area (Å²) in [7, 11) is 0. The summed E-state index contributed by atoms with van der Waals surface area (Å²) in [6.07, 6.45) is 0.619. The molecule has 4 aromatic rings. The molecule has 2 N–H and O–H groups in total. The van der Waals surface area contributed by atoms with Gasteiger partial charge in [0.2, 0.25) is 5.95 Å². The first-order valence-electron chi connectivity index (χ1n) is 11.3. The fraction of sp³-hybridized carbons (Fsp3) is 0.320. The van der Waals surface area contributed by atoms with Crippen LogP contribution >= 0.6 is 0 Å². The molecule has 8 heteroatoms. The van der Waals surface area contributed by atoms with E-state index in [4.69, 9.17) is 24.4 Å². The number of ether oxygens (including phenoxy) is 2. The van der Waals surface area contributed by atoms with Crippen molar-refractivity contribution in [1.29, 1.82) is 0 Å². The predicted octanol–water partition coefficient (Wildman–Crippen LogP) is 4.00. The number of benzene rings is 2. The molecule has 1 aliphatic rings. The average molecular weight is 445 g/mol. The largest absolute Gasteiger partial charge is 0.378 e. The lowest BCUT2D eigenvalue weighted by Gasteiger charge is -2.28. The maximum absolute atomic E-state index is 5.86. The van der Waals surface area contributed by atoms with Crippen LogP contribution in [0.1, 0.15) is 17.0 Å². The van der Waals surface area contributed by atoms with Gasteiger partial charge in [0, 0.05) is 25.2 Å². The van der Waals surface area contributed by atoms with Gasteiger partial charge in [-0.15, -0.1) is 0 Å². The van der Waals surface area contributed by atoms with E-state index >= 15 is 0 Å². The Labute approximate surface area is 193 Å². The van der Waals surface area contributed by atoms with E-state index in [0.29, 0.717) is 44.4 Å². The summed E-state index contributed by atoms with van der Waals surface area (Å²) in [5.41, 5.74) is 4.80. The Hall–Kier alpha value is -3.49. The molecule has 8 nitrogen and oxygen atoms in total. The van der Waals surface area contributed by atoms with E-state index in [1.807, 2.05) is 30.3 Å². The van der Waals surface area contributed by atoms with E-state index in [1.54, 1.807) is 0 Å². The quantitative estimate of drug-likeness (QED) is 0.397. The molecular weight excluding hydrogens is 416 g/mol. The number of anilines is 3. The van der Waals surface area contributed by atoms with E-state index in [9.17, 15) is 0 Å². The Morgan fingerprint density at radius 2 is 1.88 bits per heavy atom. The van der Waals surface area contributed by atoms with Crippen LogP contribution < -0.4 is 10.2 Å². The van der Waals surface area contributed by atoms with E-state index < -0.39 is 0 Å². The number of rotatable bonds is 8. The van der Waals surface area contributed by atoms with Crippen molar-refractivity contribution >= 4 is 28.6 Å². The number of aryl methyl sites for hydroxylation is 1. The lowest BCUT2D eigenvalue weighted by atomic mass is 10.2. The van der Waals surface area contributed by atoms with Crippen molar-refractivity contribution in [3.63, 3.8) is 0 Å². The first kappa shape index (κ1) is 21.4. The van der Waals surface area contributed by atoms with E-state index in [2.05, 4.69) is 46.4 Å². The highest BCUT2D eigenvalue weighted by Crippen LogP contribution is 2.26. The van der Waals surface area contributed by atoms with Crippen LogP contribution in [-0.2, 0) is 22.5 Å². The summed E-state index contributed by atoms with van der Waals surface area (Å²) >= 11 is 0. The number of morpholine rings is 1. The summed E-state index contributed by atoms with van der Waals surface area (Å²) in [6.45, 7) is 6.13. The minimum absolute atomic E-state index is 0.543. The zero-order valence-electron chi connectivity index (χ0n) is 18.8. The van der Waals surface area contributed by atoms with Gasteiger partial charge in [-0.3, -0.25) is 0 Å². The Kier molecular flexibility index (Phi) is 6.46. The fourth-order valence-corrected chi connectivity index (χ4v) is 3.89. The first-order valence-corrected chi connectivity index (χ1v) is 11.3. The van der Waals surface area contributed by atoms with Gasteiger partial charge in [0.25, 0.3) is 0 Å². The maximum atomic E-state index is 5.86. The van der Waals surface area contributed by atoms with Crippen molar-refractivity contribution in [3.8, 4) is 0 Å². The van der Waals surface area contributed by atoms with Crippen molar-refractivity contribution < 1.29 is 9.47 Å². The number of fused-ring (bicyclic) bond motifs is 1. The summed E-state index contributed by atoms with van der Waals surface area (Å²) in [5, 5.41) is 3.35. The molecule has 0 radical (unpaired) electrons. The Morgan fingerprint density at radius 3 is 2.70 bits per heavy atom. The lowest BCUT2D eigenvalue weighted by molar-refractivity contribution is 0.121. The number of hydrogen-bond donors (Lipinski definition) is 2. The van der Waals surface area contributed by atoms with Gasteiger partial charge in [-0.2, -0.15) is 4.98 Å². The van der Waals surface area contributed by atoms with Gasteiger partial charge in [-0.1, -0.05) is 42.5 Å². The Morgan fingerprint density at radius 1 is 1.03 bits per heavy atom. The van der Waals surface area contributed by atoms with Crippen LogP contribution in [0.25, 0.3) is 11.2 Å². The summed E-state index contributed by atoms with van der Waals surface area (Å²) in [5.74, 6) is 2.24. The van der Waals surface area contributed by atoms with Crippen LogP contribution in [0.2, 0.25) is 0 Å². The van der Waals surface area contributed by atoms with Crippen LogP contribution in [0.4, 0.5) is 17.5 Å². The van der Waals surface area contributed by atoms with Crippen molar-refractivity contribution in [1.82, 2.24) is 19.9 Å². The van der Waals surface area contributed by atoms with Gasteiger partial charge in [0.05, 0.1) is 26.4 Å². The van der Waals surface area contributed by atoms with Gasteiger partial charge in [-0.25, -0.2) is 9.97 Å². The second-order valence-corrected chi connectivity index (χ2v) is 8.13. The molecule has 2 aromatic carbocycles. The number of nitrogens with one attached hydrogen (secondary N) is 2. The highest BCUT2D eigenvalue weighted by Gasteiger charge is 2.20. The van der Waals surface area contributed by atoms with E-state index in [1.165, 1.54) is 5.56 Å². The number of nitrogens with zero attached hydrogens (tertiary/aromatic N) is 4. The molecule has 1 saturated heterocycles. The van der Waals surface area contributed by atoms with E-state index in [0.717, 1.165) is 41.5 Å². The zero-order chi connectivity index (χ0) is 22.5. The number of H-pyrrole nitrogens is 1. The van der Waals surface area contributed by atoms with Crippen molar-refractivity contribution in [2.75, 3.05) is 43.1 Å². The Bertz CT molecular complexity index is 1200. The van der Waals surface area contributed by atoms with Gasteiger partial charge >= 0.3 is 0 Å². The molecule has 0 saturated carbocycles. The molecule has 170 valence electrons. The van der Waals surface area contributed by atoms with Gasteiger partial charge in [-0.05, 0) is 30.2 Å². The molecular formula is C25H28N6O2. The molecule has 0 bridgehead atoms. The highest BCUT2D eigenvalue weighted by atomic mass is 16.5. The van der Waals surface area contributed by atoms with Crippen molar-refractivity contribution in [2.24, 2.45) is 0 Å². The smallest absolute Gasteiger partial charge is 0.207 e. The van der Waals surface area contributed by atoms with E-state index in [-0.39, 0.29) is 0 Å². The van der Waals surface area contributed by atoms with Gasteiger partial charge in [0.1, 0.15) is 11.3 Å². The zero-order valence-corrected chi connectivity index (χ0v) is 18.8. The third-order valence-electron chi connectivity index (χ3n) is 5.55. The van der Waals surface area contributed by atoms with Gasteiger partial charge < -0.3 is 24.7 Å². The molecule has 0 aliphatic carbocycles. The maximum Gasteiger partial charge on any atom is 0.207 e. The van der Waals surface area contributed by atoms with Crippen molar-refractivity contribution in [2.45, 2.75) is 20.0 Å². The summed E-state index contributed by atoms with van der Waals surface area (Å²) < 4.78 is 11.4. The number of aromatic amines is 1. The van der Waals surface area contributed by atoms with Crippen LogP contribution in [0, 0.1) is 6.92 Å². The third kappa shape index (κ3) is 5.30. The highest BCUT2D eigenvalue weighted by molar-refractivity contribution is 5.86. The third-order valence-corrected chi connectivity index (χ3v) is 5.55. The van der Waals surface area contributed by atoms with Crippen LogP contribution in [0.5, 0.6) is 0 Å². The van der Waals surface area contributed by atoms with Crippen LogP contribution in [0.3, 0.4) is 0 Å². The molecule has 33 heavy (non-hydrogen) atoms. The second-order valence-electron chi connectivity index (χ2n) is 8.13. The average Bonchev–Trinajstić information content (AvgIpc) is 3.25. The molecule has 0 atom stereocenters. The molecule has 3 heterocycles. The van der Waals surface area contributed by atoms with Gasteiger partial charge in [0.15, 0.2) is 11.5 Å². The van der Waals surface area contributed by atoms with Crippen molar-refractivity contribution in [3.05, 3.63) is 71.5 Å². The summed E-state index contributed by atoms with van der Waals surface area (Å²) in [6, 6.07) is 18.4. The molecule has 1 fully saturated rings. The monoisotopic (exact) mass is 444 g/mol.